The molecule has 0 aliphatic rings. The number of carbonyl (C=O) groups is 1. The number of unbranched alkanes of at least 4 members (excludes halogenated alkanes) is 1. The van der Waals surface area contributed by atoms with E-state index in [1.165, 1.54) is 17.2 Å². The highest BCUT2D eigenvalue weighted by molar-refractivity contribution is 6.29. The fourth-order valence-corrected chi connectivity index (χ4v) is 1.76. The molecule has 0 bridgehead atoms. The zero-order valence-electron chi connectivity index (χ0n) is 11.3. The Morgan fingerprint density at radius 3 is 2.90 bits per heavy atom. The van der Waals surface area contributed by atoms with Crippen LogP contribution < -0.4 is 4.90 Å². The molecule has 1 rings (SSSR count). The Bertz CT molecular complexity index is 523. The summed E-state index contributed by atoms with van der Waals surface area (Å²) in [7, 11) is 0. The first-order valence-corrected chi connectivity index (χ1v) is 6.73. The fourth-order valence-electron chi connectivity index (χ4n) is 1.61. The Hall–Kier alpha value is -1.77. The maximum atomic E-state index is 11.3. The van der Waals surface area contributed by atoms with E-state index in [1.807, 2.05) is 6.92 Å². The topological polar surface area (TPSA) is 73.7 Å². The molecule has 0 radical (unpaired) electrons. The Kier molecular flexibility index (Phi) is 6.85. The third-order valence-corrected chi connectivity index (χ3v) is 2.71. The number of hydrogen-bond acceptors (Lipinski definition) is 3. The van der Waals surface area contributed by atoms with Crippen molar-refractivity contribution in [3.05, 3.63) is 23.0 Å². The van der Waals surface area contributed by atoms with Gasteiger partial charge in [0.2, 0.25) is 0 Å². The summed E-state index contributed by atoms with van der Waals surface area (Å²) in [6.07, 6.45) is 2.23. The lowest BCUT2D eigenvalue weighted by Gasteiger charge is -2.19. The lowest BCUT2D eigenvalue weighted by Crippen LogP contribution is -2.30. The largest absolute Gasteiger partial charge is 0.465 e. The van der Waals surface area contributed by atoms with Gasteiger partial charge in [-0.05, 0) is 12.8 Å². The van der Waals surface area contributed by atoms with E-state index >= 15 is 0 Å². The van der Waals surface area contributed by atoms with E-state index in [1.54, 1.807) is 0 Å². The summed E-state index contributed by atoms with van der Waals surface area (Å²) in [5.41, 5.74) is 0.957. The molecule has 6 heteroatoms. The normalized spacial score (nSPS) is 9.75. The monoisotopic (exact) mass is 296 g/mol. The minimum atomic E-state index is -1.05. The second-order valence-corrected chi connectivity index (χ2v) is 4.47. The van der Waals surface area contributed by atoms with Crippen molar-refractivity contribution in [2.24, 2.45) is 0 Å². The summed E-state index contributed by atoms with van der Waals surface area (Å²) in [6, 6.07) is 1.50. The van der Waals surface area contributed by atoms with Crippen LogP contribution in [0.15, 0.2) is 12.3 Å². The van der Waals surface area contributed by atoms with Crippen LogP contribution in [0.4, 0.5) is 10.5 Å². The van der Waals surface area contributed by atoms with E-state index in [0.29, 0.717) is 37.1 Å². The molecule has 0 unspecified atom stereocenters. The number of rotatable bonds is 5. The molecular weight excluding hydrogens is 280 g/mol. The first kappa shape index (κ1) is 16.3. The van der Waals surface area contributed by atoms with Crippen LogP contribution in [0.3, 0.4) is 0 Å². The van der Waals surface area contributed by atoms with E-state index in [9.17, 15) is 9.90 Å². The molecule has 2 N–H and O–H groups in total. The molecule has 1 aromatic heterocycles. The summed E-state index contributed by atoms with van der Waals surface area (Å²) < 4.78 is 0. The van der Waals surface area contributed by atoms with Crippen LogP contribution in [0, 0.1) is 11.8 Å². The van der Waals surface area contributed by atoms with Gasteiger partial charge in [0.25, 0.3) is 0 Å². The number of carboxylic acid groups (broad SMARTS) is 1. The van der Waals surface area contributed by atoms with Crippen LogP contribution in [-0.4, -0.2) is 34.4 Å². The summed E-state index contributed by atoms with van der Waals surface area (Å²) in [4.78, 5) is 16.5. The summed E-state index contributed by atoms with van der Waals surface area (Å²) in [6.45, 7) is 2.34. The van der Waals surface area contributed by atoms with Gasteiger partial charge in [0.1, 0.15) is 5.15 Å². The van der Waals surface area contributed by atoms with Gasteiger partial charge in [-0.2, -0.15) is 0 Å². The van der Waals surface area contributed by atoms with Gasteiger partial charge in [-0.25, -0.2) is 9.78 Å². The average Bonchev–Trinajstić information content (AvgIpc) is 2.42. The summed E-state index contributed by atoms with van der Waals surface area (Å²) >= 11 is 5.84. The van der Waals surface area contributed by atoms with Gasteiger partial charge in [-0.15, -0.1) is 0 Å². The maximum Gasteiger partial charge on any atom is 0.411 e. The summed E-state index contributed by atoms with van der Waals surface area (Å²) in [5.74, 6) is 5.77. The van der Waals surface area contributed by atoms with Crippen molar-refractivity contribution in [1.29, 1.82) is 0 Å². The number of pyridine rings is 1. The molecule has 0 atom stereocenters. The van der Waals surface area contributed by atoms with Crippen molar-refractivity contribution in [1.82, 2.24) is 4.98 Å². The third kappa shape index (κ3) is 4.72. The predicted octanol–water partition coefficient (Wildman–Crippen LogP) is 2.75. The first-order chi connectivity index (χ1) is 9.60. The number of hydrogen-bond donors (Lipinski definition) is 2. The molecule has 20 heavy (non-hydrogen) atoms. The van der Waals surface area contributed by atoms with E-state index in [2.05, 4.69) is 16.8 Å². The molecule has 1 heterocycles. The zero-order chi connectivity index (χ0) is 15.0. The fraction of sp³-hybridized carbons (Fsp3) is 0.429. The lowest BCUT2D eigenvalue weighted by molar-refractivity contribution is 0.202. The minimum Gasteiger partial charge on any atom is -0.465 e. The van der Waals surface area contributed by atoms with E-state index in [4.69, 9.17) is 16.7 Å². The second kappa shape index (κ2) is 8.41. The van der Waals surface area contributed by atoms with Crippen LogP contribution in [-0.2, 0) is 0 Å². The SMILES string of the molecule is CCCN(C(=O)O)c1cc(Cl)ncc1C#CCCCO. The Balaban J connectivity index is 3.10. The molecule has 1 aromatic rings. The van der Waals surface area contributed by atoms with Crippen molar-refractivity contribution in [2.75, 3.05) is 18.1 Å². The van der Waals surface area contributed by atoms with Gasteiger partial charge < -0.3 is 10.2 Å². The molecular formula is C14H17ClN2O3. The van der Waals surface area contributed by atoms with E-state index in [0.717, 1.165) is 0 Å². The zero-order valence-corrected chi connectivity index (χ0v) is 12.0. The smallest absolute Gasteiger partial charge is 0.411 e. The molecule has 0 aromatic carbocycles. The number of anilines is 1. The van der Waals surface area contributed by atoms with Gasteiger partial charge in [-0.3, -0.25) is 4.90 Å². The van der Waals surface area contributed by atoms with E-state index < -0.39 is 6.09 Å². The molecule has 1 amide bonds. The minimum absolute atomic E-state index is 0.0808. The second-order valence-electron chi connectivity index (χ2n) is 4.09. The number of halogens is 1. The quantitative estimate of drug-likeness (QED) is 0.498. The molecule has 5 nitrogen and oxygen atoms in total. The van der Waals surface area contributed by atoms with Crippen LogP contribution in [0.25, 0.3) is 0 Å². The Morgan fingerprint density at radius 1 is 1.55 bits per heavy atom. The molecule has 0 spiro atoms. The molecule has 0 saturated heterocycles. The van der Waals surface area contributed by atoms with Crippen LogP contribution >= 0.6 is 11.6 Å². The molecule has 0 aliphatic heterocycles. The van der Waals surface area contributed by atoms with Gasteiger partial charge in [0, 0.05) is 31.8 Å². The molecule has 108 valence electrons. The third-order valence-electron chi connectivity index (χ3n) is 2.50. The van der Waals surface area contributed by atoms with Gasteiger partial charge >= 0.3 is 6.09 Å². The van der Waals surface area contributed by atoms with Crippen molar-refractivity contribution in [3.8, 4) is 11.8 Å². The predicted molar refractivity (Wildman–Crippen MR) is 78.1 cm³/mol. The lowest BCUT2D eigenvalue weighted by atomic mass is 10.2. The molecule has 0 aliphatic carbocycles. The summed E-state index contributed by atoms with van der Waals surface area (Å²) in [5, 5.41) is 18.2. The standard InChI is InChI=1S/C14H17ClN2O3/c1-2-7-17(14(19)20)12-9-13(15)16-10-11(12)6-4-3-5-8-18/h9-10,18H,2-3,5,7-8H2,1H3,(H,19,20). The van der Waals surface area contributed by atoms with Gasteiger partial charge in [0.15, 0.2) is 0 Å². The van der Waals surface area contributed by atoms with Crippen molar-refractivity contribution >= 4 is 23.4 Å². The number of nitrogens with zero attached hydrogens (tertiary/aromatic N) is 2. The average molecular weight is 297 g/mol. The number of amides is 1. The van der Waals surface area contributed by atoms with Crippen LogP contribution in [0.2, 0.25) is 5.15 Å². The van der Waals surface area contributed by atoms with Crippen molar-refractivity contribution < 1.29 is 15.0 Å². The van der Waals surface area contributed by atoms with Crippen LogP contribution in [0.5, 0.6) is 0 Å². The number of aromatic nitrogens is 1. The van der Waals surface area contributed by atoms with Gasteiger partial charge in [0.05, 0.1) is 11.3 Å². The molecule has 0 fully saturated rings. The van der Waals surface area contributed by atoms with Crippen molar-refractivity contribution in [3.63, 3.8) is 0 Å². The van der Waals surface area contributed by atoms with Crippen LogP contribution in [0.1, 0.15) is 31.7 Å². The maximum absolute atomic E-state index is 11.3. The molecule has 0 saturated carbocycles. The van der Waals surface area contributed by atoms with Crippen molar-refractivity contribution in [2.45, 2.75) is 26.2 Å². The van der Waals surface area contributed by atoms with E-state index in [-0.39, 0.29) is 11.8 Å². The Labute approximate surface area is 123 Å². The first-order valence-electron chi connectivity index (χ1n) is 6.35. The van der Waals surface area contributed by atoms with Gasteiger partial charge in [-0.1, -0.05) is 30.4 Å². The number of aliphatic hydroxyl groups is 1. The Morgan fingerprint density at radius 2 is 2.30 bits per heavy atom. The highest BCUT2D eigenvalue weighted by atomic mass is 35.5. The number of aliphatic hydroxyl groups excluding tert-OH is 1. The highest BCUT2D eigenvalue weighted by Crippen LogP contribution is 2.23. The highest BCUT2D eigenvalue weighted by Gasteiger charge is 2.17.